The molecule has 0 spiro atoms. The molecule has 1 aromatic carbocycles. The number of fused-ring (bicyclic) bond motifs is 1. The van der Waals surface area contributed by atoms with E-state index < -0.39 is 5.41 Å². The standard InChI is InChI=1S/C17H21NO3/c1-16(2)12-9-11(5-6-13(12)18-15(16)20)14(19)10-17(21-3)7-4-8-17/h5-6,9H,4,7-8,10H2,1-3H3,(H,18,20). The van der Waals surface area contributed by atoms with Gasteiger partial charge in [-0.15, -0.1) is 0 Å². The van der Waals surface area contributed by atoms with E-state index in [0.29, 0.717) is 12.0 Å². The summed E-state index contributed by atoms with van der Waals surface area (Å²) in [5.41, 5.74) is 1.53. The third-order valence-corrected chi connectivity index (χ3v) is 5.01. The lowest BCUT2D eigenvalue weighted by atomic mass is 9.75. The van der Waals surface area contributed by atoms with Crippen molar-refractivity contribution >= 4 is 17.4 Å². The Bertz CT molecular complexity index is 609. The maximum absolute atomic E-state index is 12.5. The number of ketones is 1. The lowest BCUT2D eigenvalue weighted by molar-refractivity contribution is -0.119. The SMILES string of the molecule is COC1(CC(=O)c2ccc3c(c2)C(C)(C)C(=O)N3)CCC1. The number of anilines is 1. The Hall–Kier alpha value is -1.68. The number of methoxy groups -OCH3 is 1. The largest absolute Gasteiger partial charge is 0.378 e. The molecule has 21 heavy (non-hydrogen) atoms. The number of carbonyl (C=O) groups is 2. The normalized spacial score (nSPS) is 21.4. The first kappa shape index (κ1) is 14.3. The topological polar surface area (TPSA) is 55.4 Å². The highest BCUT2D eigenvalue weighted by Gasteiger charge is 2.41. The summed E-state index contributed by atoms with van der Waals surface area (Å²) in [6, 6.07) is 5.48. The summed E-state index contributed by atoms with van der Waals surface area (Å²) >= 11 is 0. The van der Waals surface area contributed by atoms with Crippen LogP contribution in [0.3, 0.4) is 0 Å². The highest BCUT2D eigenvalue weighted by Crippen LogP contribution is 2.40. The summed E-state index contributed by atoms with van der Waals surface area (Å²) in [5, 5.41) is 2.86. The smallest absolute Gasteiger partial charge is 0.234 e. The van der Waals surface area contributed by atoms with E-state index in [4.69, 9.17) is 4.74 Å². The molecule has 0 radical (unpaired) electrons. The van der Waals surface area contributed by atoms with Crippen LogP contribution in [0, 0.1) is 0 Å². The number of hydrogen-bond acceptors (Lipinski definition) is 3. The molecular formula is C17H21NO3. The maximum Gasteiger partial charge on any atom is 0.234 e. The molecule has 1 aliphatic carbocycles. The van der Waals surface area contributed by atoms with Crippen LogP contribution < -0.4 is 5.32 Å². The summed E-state index contributed by atoms with van der Waals surface area (Å²) in [5.74, 6) is 0.0731. The van der Waals surface area contributed by atoms with Crippen molar-refractivity contribution in [3.05, 3.63) is 29.3 Å². The summed E-state index contributed by atoms with van der Waals surface area (Å²) in [6.45, 7) is 3.76. The third-order valence-electron chi connectivity index (χ3n) is 5.01. The Morgan fingerprint density at radius 2 is 2.05 bits per heavy atom. The molecule has 1 saturated carbocycles. The van der Waals surface area contributed by atoms with Crippen LogP contribution in [0.25, 0.3) is 0 Å². The first-order valence-electron chi connectivity index (χ1n) is 7.42. The van der Waals surface area contributed by atoms with Crippen molar-refractivity contribution in [2.24, 2.45) is 0 Å². The predicted molar refractivity (Wildman–Crippen MR) is 80.6 cm³/mol. The number of nitrogens with one attached hydrogen (secondary N) is 1. The van der Waals surface area contributed by atoms with Crippen molar-refractivity contribution in [3.8, 4) is 0 Å². The van der Waals surface area contributed by atoms with Crippen LogP contribution in [-0.2, 0) is 14.9 Å². The van der Waals surface area contributed by atoms with Crippen molar-refractivity contribution in [2.45, 2.75) is 50.5 Å². The monoisotopic (exact) mass is 287 g/mol. The van der Waals surface area contributed by atoms with Crippen LogP contribution in [0.15, 0.2) is 18.2 Å². The van der Waals surface area contributed by atoms with E-state index in [-0.39, 0.29) is 17.3 Å². The van der Waals surface area contributed by atoms with E-state index in [9.17, 15) is 9.59 Å². The number of hydrogen-bond donors (Lipinski definition) is 1. The Morgan fingerprint density at radius 3 is 2.62 bits per heavy atom. The van der Waals surface area contributed by atoms with Gasteiger partial charge in [-0.1, -0.05) is 0 Å². The molecule has 0 saturated heterocycles. The van der Waals surface area contributed by atoms with Crippen molar-refractivity contribution in [1.82, 2.24) is 0 Å². The van der Waals surface area contributed by atoms with Crippen LogP contribution in [0.5, 0.6) is 0 Å². The van der Waals surface area contributed by atoms with Gasteiger partial charge in [-0.05, 0) is 56.9 Å². The number of carbonyl (C=O) groups excluding carboxylic acids is 2. The molecule has 1 N–H and O–H groups in total. The van der Waals surface area contributed by atoms with Crippen LogP contribution in [0.4, 0.5) is 5.69 Å². The Labute approximate surface area is 124 Å². The minimum atomic E-state index is -0.582. The highest BCUT2D eigenvalue weighted by atomic mass is 16.5. The van der Waals surface area contributed by atoms with E-state index in [1.54, 1.807) is 13.2 Å². The van der Waals surface area contributed by atoms with E-state index in [2.05, 4.69) is 5.32 Å². The Kier molecular flexibility index (Phi) is 3.17. The summed E-state index contributed by atoms with van der Waals surface area (Å²) < 4.78 is 5.53. The number of amides is 1. The average Bonchev–Trinajstić information content (AvgIpc) is 2.64. The number of benzene rings is 1. The predicted octanol–water partition coefficient (Wildman–Crippen LogP) is 3.06. The van der Waals surface area contributed by atoms with Gasteiger partial charge in [-0.2, -0.15) is 0 Å². The van der Waals surface area contributed by atoms with Crippen molar-refractivity contribution < 1.29 is 14.3 Å². The molecule has 4 nitrogen and oxygen atoms in total. The molecule has 1 fully saturated rings. The van der Waals surface area contributed by atoms with E-state index in [1.807, 2.05) is 26.0 Å². The van der Waals surface area contributed by atoms with Crippen LogP contribution in [0.1, 0.15) is 55.5 Å². The first-order valence-corrected chi connectivity index (χ1v) is 7.42. The molecule has 1 amide bonds. The molecule has 0 unspecified atom stereocenters. The van der Waals surface area contributed by atoms with E-state index >= 15 is 0 Å². The van der Waals surface area contributed by atoms with Gasteiger partial charge in [0.1, 0.15) is 0 Å². The van der Waals surface area contributed by atoms with Crippen molar-refractivity contribution in [2.75, 3.05) is 12.4 Å². The first-order chi connectivity index (χ1) is 9.88. The minimum Gasteiger partial charge on any atom is -0.378 e. The van der Waals surface area contributed by atoms with Gasteiger partial charge in [0.2, 0.25) is 5.91 Å². The second-order valence-corrected chi connectivity index (χ2v) is 6.68. The summed E-state index contributed by atoms with van der Waals surface area (Å²) in [6.07, 6.45) is 3.44. The van der Waals surface area contributed by atoms with Crippen LogP contribution >= 0.6 is 0 Å². The zero-order valence-corrected chi connectivity index (χ0v) is 12.8. The van der Waals surface area contributed by atoms with Gasteiger partial charge < -0.3 is 10.1 Å². The van der Waals surface area contributed by atoms with Crippen LogP contribution in [-0.4, -0.2) is 24.4 Å². The van der Waals surface area contributed by atoms with Gasteiger partial charge in [-0.25, -0.2) is 0 Å². The molecule has 112 valence electrons. The summed E-state index contributed by atoms with van der Waals surface area (Å²) in [7, 11) is 1.68. The molecule has 0 bridgehead atoms. The van der Waals surface area contributed by atoms with Crippen molar-refractivity contribution in [1.29, 1.82) is 0 Å². The molecule has 4 heteroatoms. The van der Waals surface area contributed by atoms with Gasteiger partial charge in [0.05, 0.1) is 11.0 Å². The minimum absolute atomic E-state index is 0.0190. The Morgan fingerprint density at radius 1 is 1.33 bits per heavy atom. The number of rotatable bonds is 4. The third kappa shape index (κ3) is 2.18. The lowest BCUT2D eigenvalue weighted by Crippen LogP contribution is -2.41. The second-order valence-electron chi connectivity index (χ2n) is 6.68. The highest BCUT2D eigenvalue weighted by molar-refractivity contribution is 6.07. The fourth-order valence-electron chi connectivity index (χ4n) is 3.16. The van der Waals surface area contributed by atoms with E-state index in [1.165, 1.54) is 0 Å². The Balaban J connectivity index is 1.86. The quantitative estimate of drug-likeness (QED) is 0.866. The molecule has 1 aromatic rings. The number of ether oxygens (including phenoxy) is 1. The second kappa shape index (κ2) is 4.67. The molecule has 2 aliphatic rings. The molecule has 3 rings (SSSR count). The van der Waals surface area contributed by atoms with Crippen molar-refractivity contribution in [3.63, 3.8) is 0 Å². The molecule has 0 aromatic heterocycles. The van der Waals surface area contributed by atoms with Gasteiger partial charge in [0.25, 0.3) is 0 Å². The van der Waals surface area contributed by atoms with Crippen LogP contribution in [0.2, 0.25) is 0 Å². The molecule has 0 atom stereocenters. The number of Topliss-reactive ketones (excluding diaryl/α,β-unsaturated/α-hetero) is 1. The molecular weight excluding hydrogens is 266 g/mol. The molecule has 1 aliphatic heterocycles. The zero-order valence-electron chi connectivity index (χ0n) is 12.8. The lowest BCUT2D eigenvalue weighted by Gasteiger charge is -2.40. The molecule has 1 heterocycles. The average molecular weight is 287 g/mol. The fourth-order valence-corrected chi connectivity index (χ4v) is 3.16. The maximum atomic E-state index is 12.5. The van der Waals surface area contributed by atoms with E-state index in [0.717, 1.165) is 30.5 Å². The van der Waals surface area contributed by atoms with Gasteiger partial charge in [-0.3, -0.25) is 9.59 Å². The van der Waals surface area contributed by atoms with Gasteiger partial charge in [0, 0.05) is 24.8 Å². The van der Waals surface area contributed by atoms with Gasteiger partial charge in [0.15, 0.2) is 5.78 Å². The fraction of sp³-hybridized carbons (Fsp3) is 0.529. The zero-order chi connectivity index (χ0) is 15.3. The summed E-state index contributed by atoms with van der Waals surface area (Å²) in [4.78, 5) is 24.5. The van der Waals surface area contributed by atoms with Gasteiger partial charge >= 0.3 is 0 Å².